The molecule has 1 atom stereocenters. The molecule has 4 nitrogen and oxygen atoms in total. The maximum absolute atomic E-state index is 13.1. The second-order valence-corrected chi connectivity index (χ2v) is 7.40. The van der Waals surface area contributed by atoms with Crippen LogP contribution in [0, 0.1) is 5.82 Å². The molecule has 29 heavy (non-hydrogen) atoms. The van der Waals surface area contributed by atoms with Crippen molar-refractivity contribution in [1.29, 1.82) is 0 Å². The molecule has 3 aromatic rings. The van der Waals surface area contributed by atoms with Gasteiger partial charge in [-0.2, -0.15) is 0 Å². The first kappa shape index (κ1) is 19.3. The van der Waals surface area contributed by atoms with Gasteiger partial charge in [-0.15, -0.1) is 0 Å². The molecule has 0 saturated carbocycles. The lowest BCUT2D eigenvalue weighted by Gasteiger charge is -2.36. The summed E-state index contributed by atoms with van der Waals surface area (Å²) < 4.78 is 13.1. The van der Waals surface area contributed by atoms with E-state index in [4.69, 9.17) is 0 Å². The van der Waals surface area contributed by atoms with E-state index in [1.54, 1.807) is 18.3 Å². The van der Waals surface area contributed by atoms with Crippen LogP contribution in [0.25, 0.3) is 0 Å². The maximum Gasteiger partial charge on any atom is 0.224 e. The van der Waals surface area contributed by atoms with Gasteiger partial charge in [0.25, 0.3) is 0 Å². The van der Waals surface area contributed by atoms with Gasteiger partial charge in [-0.3, -0.25) is 14.7 Å². The third-order valence-corrected chi connectivity index (χ3v) is 5.44. The van der Waals surface area contributed by atoms with Gasteiger partial charge in [0.2, 0.25) is 5.91 Å². The van der Waals surface area contributed by atoms with E-state index in [0.29, 0.717) is 6.54 Å². The van der Waals surface area contributed by atoms with Gasteiger partial charge in [-0.05, 0) is 46.9 Å². The maximum atomic E-state index is 13.1. The largest absolute Gasteiger partial charge is 0.354 e. The smallest absolute Gasteiger partial charge is 0.224 e. The van der Waals surface area contributed by atoms with Crippen LogP contribution in [0.15, 0.2) is 73.1 Å². The SMILES string of the molecule is O=C(Cc1ccc(F)cc1)NCC(c1cccnc1)N1CCc2ccccc2C1. The van der Waals surface area contributed by atoms with Crippen LogP contribution in [0.4, 0.5) is 4.39 Å². The number of nitrogens with one attached hydrogen (secondary N) is 1. The predicted octanol–water partition coefficient (Wildman–Crippen LogP) is 3.68. The topological polar surface area (TPSA) is 45.2 Å². The van der Waals surface area contributed by atoms with E-state index in [9.17, 15) is 9.18 Å². The van der Waals surface area contributed by atoms with Gasteiger partial charge in [0.15, 0.2) is 0 Å². The molecule has 2 aromatic carbocycles. The second-order valence-electron chi connectivity index (χ2n) is 7.40. The molecule has 0 spiro atoms. The van der Waals surface area contributed by atoms with Crippen LogP contribution < -0.4 is 5.32 Å². The van der Waals surface area contributed by atoms with Gasteiger partial charge in [0.1, 0.15) is 5.82 Å². The summed E-state index contributed by atoms with van der Waals surface area (Å²) in [5, 5.41) is 3.06. The van der Waals surface area contributed by atoms with Crippen molar-refractivity contribution in [2.45, 2.75) is 25.4 Å². The molecule has 0 bridgehead atoms. The van der Waals surface area contributed by atoms with Gasteiger partial charge in [-0.1, -0.05) is 42.5 Å². The highest BCUT2D eigenvalue weighted by atomic mass is 19.1. The molecule has 1 aliphatic heterocycles. The van der Waals surface area contributed by atoms with Crippen molar-refractivity contribution in [3.8, 4) is 0 Å². The minimum Gasteiger partial charge on any atom is -0.354 e. The lowest BCUT2D eigenvalue weighted by atomic mass is 9.97. The third-order valence-electron chi connectivity index (χ3n) is 5.44. The molecule has 1 aromatic heterocycles. The number of rotatable bonds is 6. The highest BCUT2D eigenvalue weighted by Gasteiger charge is 2.25. The number of carbonyl (C=O) groups is 1. The number of hydrogen-bond donors (Lipinski definition) is 1. The Morgan fingerprint density at radius 1 is 1.07 bits per heavy atom. The summed E-state index contributed by atoms with van der Waals surface area (Å²) in [5.74, 6) is -0.362. The Morgan fingerprint density at radius 2 is 1.86 bits per heavy atom. The fourth-order valence-corrected chi connectivity index (χ4v) is 3.88. The Morgan fingerprint density at radius 3 is 2.62 bits per heavy atom. The molecule has 1 N–H and O–H groups in total. The number of aromatic nitrogens is 1. The molecule has 1 aliphatic rings. The summed E-state index contributed by atoms with van der Waals surface area (Å²) in [6, 6.07) is 18.6. The predicted molar refractivity (Wildman–Crippen MR) is 111 cm³/mol. The summed E-state index contributed by atoms with van der Waals surface area (Å²) in [7, 11) is 0. The number of nitrogens with zero attached hydrogens (tertiary/aromatic N) is 2. The lowest BCUT2D eigenvalue weighted by molar-refractivity contribution is -0.120. The van der Waals surface area contributed by atoms with Crippen molar-refractivity contribution in [1.82, 2.24) is 15.2 Å². The van der Waals surface area contributed by atoms with E-state index in [1.165, 1.54) is 23.3 Å². The van der Waals surface area contributed by atoms with Crippen LogP contribution in [0.5, 0.6) is 0 Å². The molecule has 0 radical (unpaired) electrons. The van der Waals surface area contributed by atoms with E-state index < -0.39 is 0 Å². The van der Waals surface area contributed by atoms with Crippen molar-refractivity contribution in [2.24, 2.45) is 0 Å². The fourth-order valence-electron chi connectivity index (χ4n) is 3.88. The molecule has 1 amide bonds. The molecule has 5 heteroatoms. The number of halogens is 1. The molecular formula is C24H24FN3O. The molecule has 1 unspecified atom stereocenters. The van der Waals surface area contributed by atoms with Crippen LogP contribution >= 0.6 is 0 Å². The lowest BCUT2D eigenvalue weighted by Crippen LogP contribution is -2.41. The molecular weight excluding hydrogens is 365 g/mol. The van der Waals surface area contributed by atoms with Crippen LogP contribution in [-0.4, -0.2) is 28.9 Å². The van der Waals surface area contributed by atoms with Crippen LogP contribution in [0.3, 0.4) is 0 Å². The average molecular weight is 389 g/mol. The molecule has 4 rings (SSSR count). The minimum absolute atomic E-state index is 0.0502. The van der Waals surface area contributed by atoms with Crippen LogP contribution in [0.2, 0.25) is 0 Å². The number of benzene rings is 2. The second kappa shape index (κ2) is 8.97. The first-order valence-electron chi connectivity index (χ1n) is 9.91. The van der Waals surface area contributed by atoms with E-state index >= 15 is 0 Å². The fraction of sp³-hybridized carbons (Fsp3) is 0.250. The van der Waals surface area contributed by atoms with Crippen LogP contribution in [0.1, 0.15) is 28.3 Å². The zero-order valence-corrected chi connectivity index (χ0v) is 16.2. The summed E-state index contributed by atoms with van der Waals surface area (Å²) >= 11 is 0. The normalized spacial score (nSPS) is 14.8. The van der Waals surface area contributed by atoms with Gasteiger partial charge in [0.05, 0.1) is 12.5 Å². The Labute approximate surface area is 170 Å². The van der Waals surface area contributed by atoms with Crippen molar-refractivity contribution in [3.05, 3.63) is 101 Å². The minimum atomic E-state index is -0.295. The van der Waals surface area contributed by atoms with E-state index in [1.807, 2.05) is 12.3 Å². The van der Waals surface area contributed by atoms with E-state index in [-0.39, 0.29) is 24.2 Å². The number of hydrogen-bond acceptors (Lipinski definition) is 3. The highest BCUT2D eigenvalue weighted by molar-refractivity contribution is 5.78. The van der Waals surface area contributed by atoms with Crippen molar-refractivity contribution in [3.63, 3.8) is 0 Å². The average Bonchev–Trinajstić information content (AvgIpc) is 2.76. The number of carbonyl (C=O) groups excluding carboxylic acids is 1. The Kier molecular flexibility index (Phi) is 5.96. The third kappa shape index (κ3) is 4.87. The Bertz CT molecular complexity index is 959. The van der Waals surface area contributed by atoms with Crippen molar-refractivity contribution in [2.75, 3.05) is 13.1 Å². The number of amides is 1. The first-order valence-corrected chi connectivity index (χ1v) is 9.91. The van der Waals surface area contributed by atoms with Crippen LogP contribution in [-0.2, 0) is 24.2 Å². The standard InChI is InChI=1S/C24H24FN3O/c25-22-9-7-18(8-10-22)14-24(29)27-16-23(20-6-3-12-26-15-20)28-13-11-19-4-1-2-5-21(19)17-28/h1-10,12,15,23H,11,13-14,16-17H2,(H,27,29). The summed E-state index contributed by atoms with van der Waals surface area (Å²) in [6.07, 6.45) is 4.87. The van der Waals surface area contributed by atoms with Gasteiger partial charge < -0.3 is 5.32 Å². The molecule has 0 saturated heterocycles. The summed E-state index contributed by atoms with van der Waals surface area (Å²) in [4.78, 5) is 19.1. The Hall–Kier alpha value is -3.05. The summed E-state index contributed by atoms with van der Waals surface area (Å²) in [5.41, 5.74) is 4.63. The number of fused-ring (bicyclic) bond motifs is 1. The van der Waals surface area contributed by atoms with Crippen molar-refractivity contribution >= 4 is 5.91 Å². The molecule has 148 valence electrons. The molecule has 0 fully saturated rings. The Balaban J connectivity index is 1.45. The van der Waals surface area contributed by atoms with Gasteiger partial charge in [0, 0.05) is 32.0 Å². The zero-order valence-electron chi connectivity index (χ0n) is 16.2. The molecule has 2 heterocycles. The van der Waals surface area contributed by atoms with Gasteiger partial charge >= 0.3 is 0 Å². The molecule has 0 aliphatic carbocycles. The zero-order chi connectivity index (χ0) is 20.1. The van der Waals surface area contributed by atoms with Gasteiger partial charge in [-0.25, -0.2) is 4.39 Å². The van der Waals surface area contributed by atoms with E-state index in [0.717, 1.165) is 30.6 Å². The number of pyridine rings is 1. The van der Waals surface area contributed by atoms with E-state index in [2.05, 4.69) is 45.5 Å². The van der Waals surface area contributed by atoms with Crippen molar-refractivity contribution < 1.29 is 9.18 Å². The quantitative estimate of drug-likeness (QED) is 0.700. The monoisotopic (exact) mass is 389 g/mol. The highest BCUT2D eigenvalue weighted by Crippen LogP contribution is 2.27. The first-order chi connectivity index (χ1) is 14.2. The summed E-state index contributed by atoms with van der Waals surface area (Å²) in [6.45, 7) is 2.29.